The van der Waals surface area contributed by atoms with Gasteiger partial charge < -0.3 is 4.90 Å². The maximum Gasteiger partial charge on any atom is 0.0405 e. The number of hydrogen-bond donors (Lipinski definition) is 0. The van der Waals surface area contributed by atoms with Crippen molar-refractivity contribution in [3.8, 4) is 0 Å². The Morgan fingerprint density at radius 3 is 2.41 bits per heavy atom. The summed E-state index contributed by atoms with van der Waals surface area (Å²) >= 11 is 0. The van der Waals surface area contributed by atoms with Crippen LogP contribution in [0.25, 0.3) is 5.57 Å². The fourth-order valence-electron chi connectivity index (χ4n) is 2.84. The summed E-state index contributed by atoms with van der Waals surface area (Å²) in [7, 11) is 2.19. The molecule has 0 spiro atoms. The number of anilines is 1. The van der Waals surface area contributed by atoms with Crippen LogP contribution >= 0.6 is 0 Å². The normalized spacial score (nSPS) is 12.7. The standard InChI is InChI=1S/C21H33N/c1-9-12-16(5)19-14-21(22(8)11-3)20(13-15(4)10-2)18(7)17(19)6/h9,12,14-15H,5,10-11,13H2,1-4,6-8H3/b12-9-. The van der Waals surface area contributed by atoms with Crippen molar-refractivity contribution < 1.29 is 0 Å². The first-order valence-corrected chi connectivity index (χ1v) is 8.53. The quantitative estimate of drug-likeness (QED) is 0.563. The van der Waals surface area contributed by atoms with Crippen molar-refractivity contribution in [2.75, 3.05) is 18.5 Å². The molecule has 1 aromatic carbocycles. The van der Waals surface area contributed by atoms with E-state index in [4.69, 9.17) is 0 Å². The Bertz CT molecular complexity index is 552. The molecule has 0 fully saturated rings. The first-order chi connectivity index (χ1) is 10.4. The van der Waals surface area contributed by atoms with Gasteiger partial charge in [-0.25, -0.2) is 0 Å². The molecular weight excluding hydrogens is 266 g/mol. The Morgan fingerprint density at radius 1 is 1.27 bits per heavy atom. The molecule has 0 aliphatic heterocycles. The molecule has 1 rings (SSSR count). The lowest BCUT2D eigenvalue weighted by atomic mass is 9.87. The van der Waals surface area contributed by atoms with Crippen LogP contribution < -0.4 is 4.90 Å². The second kappa shape index (κ2) is 8.22. The van der Waals surface area contributed by atoms with Gasteiger partial charge in [-0.05, 0) is 73.9 Å². The van der Waals surface area contributed by atoms with Crippen molar-refractivity contribution in [3.63, 3.8) is 0 Å². The first-order valence-electron chi connectivity index (χ1n) is 8.53. The van der Waals surface area contributed by atoms with E-state index in [1.54, 1.807) is 0 Å². The van der Waals surface area contributed by atoms with Gasteiger partial charge in [-0.2, -0.15) is 0 Å². The predicted molar refractivity (Wildman–Crippen MR) is 102 cm³/mol. The lowest BCUT2D eigenvalue weighted by Crippen LogP contribution is -2.20. The van der Waals surface area contributed by atoms with E-state index < -0.39 is 0 Å². The highest BCUT2D eigenvalue weighted by Gasteiger charge is 2.17. The highest BCUT2D eigenvalue weighted by Crippen LogP contribution is 2.34. The Balaban J connectivity index is 3.50. The first kappa shape index (κ1) is 18.5. The molecule has 0 N–H and O–H groups in total. The van der Waals surface area contributed by atoms with Crippen LogP contribution in [-0.2, 0) is 6.42 Å². The molecular formula is C21H33N. The third-order valence-corrected chi connectivity index (χ3v) is 4.86. The van der Waals surface area contributed by atoms with E-state index in [-0.39, 0.29) is 0 Å². The van der Waals surface area contributed by atoms with Crippen LogP contribution in [0.3, 0.4) is 0 Å². The van der Waals surface area contributed by atoms with Crippen LogP contribution in [0.15, 0.2) is 24.8 Å². The third-order valence-electron chi connectivity index (χ3n) is 4.86. The van der Waals surface area contributed by atoms with Gasteiger partial charge in [-0.3, -0.25) is 0 Å². The van der Waals surface area contributed by atoms with Crippen molar-refractivity contribution in [1.29, 1.82) is 0 Å². The lowest BCUT2D eigenvalue weighted by molar-refractivity contribution is 0.558. The van der Waals surface area contributed by atoms with Crippen molar-refractivity contribution >= 4 is 11.3 Å². The van der Waals surface area contributed by atoms with Crippen molar-refractivity contribution in [2.24, 2.45) is 5.92 Å². The molecule has 22 heavy (non-hydrogen) atoms. The molecule has 1 nitrogen and oxygen atoms in total. The van der Waals surface area contributed by atoms with Crippen LogP contribution in [0.4, 0.5) is 5.69 Å². The van der Waals surface area contributed by atoms with Crippen LogP contribution in [-0.4, -0.2) is 13.6 Å². The summed E-state index contributed by atoms with van der Waals surface area (Å²) in [4.78, 5) is 2.36. The minimum Gasteiger partial charge on any atom is -0.375 e. The van der Waals surface area contributed by atoms with Crippen molar-refractivity contribution in [2.45, 2.75) is 54.4 Å². The Labute approximate surface area is 137 Å². The summed E-state index contributed by atoms with van der Waals surface area (Å²) in [6.45, 7) is 18.6. The van der Waals surface area contributed by atoms with E-state index in [2.05, 4.69) is 71.4 Å². The smallest absolute Gasteiger partial charge is 0.0405 e. The molecule has 1 heteroatoms. The average molecular weight is 300 g/mol. The topological polar surface area (TPSA) is 3.24 Å². The zero-order chi connectivity index (χ0) is 16.9. The Morgan fingerprint density at radius 2 is 1.91 bits per heavy atom. The molecule has 122 valence electrons. The molecule has 0 heterocycles. The number of hydrogen-bond acceptors (Lipinski definition) is 1. The highest BCUT2D eigenvalue weighted by molar-refractivity contribution is 5.79. The average Bonchev–Trinajstić information content (AvgIpc) is 2.51. The summed E-state index contributed by atoms with van der Waals surface area (Å²) < 4.78 is 0. The summed E-state index contributed by atoms with van der Waals surface area (Å²) in [6, 6.07) is 2.34. The van der Waals surface area contributed by atoms with Crippen LogP contribution in [0, 0.1) is 19.8 Å². The fourth-order valence-corrected chi connectivity index (χ4v) is 2.84. The summed E-state index contributed by atoms with van der Waals surface area (Å²) in [6.07, 6.45) is 6.54. The zero-order valence-corrected chi connectivity index (χ0v) is 15.6. The minimum atomic E-state index is 0.715. The molecule has 0 aliphatic rings. The Kier molecular flexibility index (Phi) is 6.93. The number of nitrogens with zero attached hydrogens (tertiary/aromatic N) is 1. The highest BCUT2D eigenvalue weighted by atomic mass is 15.1. The van der Waals surface area contributed by atoms with Crippen LogP contribution in [0.2, 0.25) is 0 Å². The minimum absolute atomic E-state index is 0.715. The van der Waals surface area contributed by atoms with Gasteiger partial charge >= 0.3 is 0 Å². The van der Waals surface area contributed by atoms with Gasteiger partial charge in [0.15, 0.2) is 0 Å². The molecule has 0 saturated carbocycles. The number of rotatable bonds is 7. The third kappa shape index (κ3) is 4.03. The second-order valence-corrected chi connectivity index (χ2v) is 6.43. The van der Waals surface area contributed by atoms with E-state index in [0.29, 0.717) is 5.92 Å². The molecule has 1 unspecified atom stereocenters. The zero-order valence-electron chi connectivity index (χ0n) is 15.6. The van der Waals surface area contributed by atoms with Crippen molar-refractivity contribution in [3.05, 3.63) is 47.1 Å². The maximum absolute atomic E-state index is 4.24. The maximum atomic E-state index is 4.24. The van der Waals surface area contributed by atoms with Gasteiger partial charge in [-0.1, -0.05) is 39.0 Å². The second-order valence-electron chi connectivity index (χ2n) is 6.43. The molecule has 1 aromatic rings. The molecule has 0 amide bonds. The fraction of sp³-hybridized carbons (Fsp3) is 0.524. The molecule has 0 aromatic heterocycles. The van der Waals surface area contributed by atoms with E-state index in [9.17, 15) is 0 Å². The molecule has 1 atom stereocenters. The van der Waals surface area contributed by atoms with Gasteiger partial charge in [0.25, 0.3) is 0 Å². The number of benzene rings is 1. The monoisotopic (exact) mass is 299 g/mol. The summed E-state index contributed by atoms with van der Waals surface area (Å²) in [5.41, 5.74) is 8.05. The summed E-state index contributed by atoms with van der Waals surface area (Å²) in [5.74, 6) is 0.715. The van der Waals surface area contributed by atoms with Gasteiger partial charge in [0, 0.05) is 19.3 Å². The summed E-state index contributed by atoms with van der Waals surface area (Å²) in [5, 5.41) is 0. The van der Waals surface area contributed by atoms with E-state index in [1.165, 1.54) is 34.4 Å². The van der Waals surface area contributed by atoms with Crippen LogP contribution in [0.5, 0.6) is 0 Å². The molecule has 0 bridgehead atoms. The predicted octanol–water partition coefficient (Wildman–Crippen LogP) is 5.94. The van der Waals surface area contributed by atoms with Gasteiger partial charge in [-0.15, -0.1) is 0 Å². The van der Waals surface area contributed by atoms with Gasteiger partial charge in [0.05, 0.1) is 0 Å². The molecule has 0 radical (unpaired) electrons. The Hall–Kier alpha value is -1.50. The van der Waals surface area contributed by atoms with Gasteiger partial charge in [0.1, 0.15) is 0 Å². The number of allylic oxidation sites excluding steroid dienone is 3. The molecule has 0 saturated heterocycles. The van der Waals surface area contributed by atoms with Gasteiger partial charge in [0.2, 0.25) is 0 Å². The van der Waals surface area contributed by atoms with E-state index in [1.807, 2.05) is 6.92 Å². The van der Waals surface area contributed by atoms with Crippen LogP contribution in [0.1, 0.15) is 56.4 Å². The SMILES string of the molecule is C=C(/C=C\C)c1cc(N(C)CC)c(CC(C)CC)c(C)c1C. The largest absolute Gasteiger partial charge is 0.375 e. The molecule has 0 aliphatic carbocycles. The van der Waals surface area contributed by atoms with E-state index in [0.717, 1.165) is 18.5 Å². The van der Waals surface area contributed by atoms with E-state index >= 15 is 0 Å². The van der Waals surface area contributed by atoms with Crippen molar-refractivity contribution in [1.82, 2.24) is 0 Å². The lowest BCUT2D eigenvalue weighted by Gasteiger charge is -2.27.